The standard InChI is InChI=1S/C20H22F2N4O4/c1-3-5-9-26-17-16(18(27)24-20(26)29)25(8-4-2)15(23-17)11-30-19(28)12-6-7-13(21)14(22)10-12/h6-7,10H,3-5,8-9,11H2,1-2H3,(H,24,27,29). The summed E-state index contributed by atoms with van der Waals surface area (Å²) in [4.78, 5) is 43.6. The lowest BCUT2D eigenvalue weighted by atomic mass is 10.2. The van der Waals surface area contributed by atoms with Gasteiger partial charge in [0.15, 0.2) is 22.8 Å². The van der Waals surface area contributed by atoms with Crippen LogP contribution in [0.5, 0.6) is 0 Å². The SMILES string of the molecule is CCCCn1c(=O)[nH]c(=O)c2c1nc(COC(=O)c1ccc(F)c(F)c1)n2CCC. The lowest BCUT2D eigenvalue weighted by Crippen LogP contribution is -2.31. The molecule has 1 aromatic carbocycles. The van der Waals surface area contributed by atoms with Crippen molar-refractivity contribution in [3.8, 4) is 0 Å². The van der Waals surface area contributed by atoms with Crippen molar-refractivity contribution in [3.63, 3.8) is 0 Å². The van der Waals surface area contributed by atoms with Gasteiger partial charge in [-0.1, -0.05) is 20.3 Å². The van der Waals surface area contributed by atoms with Gasteiger partial charge in [-0.15, -0.1) is 0 Å². The van der Waals surface area contributed by atoms with Gasteiger partial charge >= 0.3 is 11.7 Å². The maximum atomic E-state index is 13.4. The molecule has 0 unspecified atom stereocenters. The van der Waals surface area contributed by atoms with E-state index in [0.717, 1.165) is 31.0 Å². The Morgan fingerprint density at radius 1 is 1.10 bits per heavy atom. The molecular weight excluding hydrogens is 398 g/mol. The second-order valence-corrected chi connectivity index (χ2v) is 6.82. The van der Waals surface area contributed by atoms with Gasteiger partial charge in [0, 0.05) is 13.1 Å². The van der Waals surface area contributed by atoms with E-state index >= 15 is 0 Å². The van der Waals surface area contributed by atoms with Crippen molar-refractivity contribution in [1.82, 2.24) is 19.1 Å². The molecule has 0 saturated heterocycles. The van der Waals surface area contributed by atoms with E-state index in [1.54, 1.807) is 4.57 Å². The number of hydrogen-bond acceptors (Lipinski definition) is 5. The number of nitrogens with zero attached hydrogens (tertiary/aromatic N) is 3. The number of aryl methyl sites for hydroxylation is 2. The Morgan fingerprint density at radius 2 is 1.87 bits per heavy atom. The molecule has 0 amide bonds. The average Bonchev–Trinajstić information content (AvgIpc) is 3.07. The molecule has 160 valence electrons. The number of rotatable bonds is 8. The van der Waals surface area contributed by atoms with Crippen molar-refractivity contribution < 1.29 is 18.3 Å². The number of aromatic nitrogens is 4. The molecule has 3 rings (SSSR count). The number of H-pyrrole nitrogens is 1. The number of halogens is 2. The second kappa shape index (κ2) is 9.02. The minimum absolute atomic E-state index is 0.148. The molecule has 0 atom stereocenters. The topological polar surface area (TPSA) is 99.0 Å². The highest BCUT2D eigenvalue weighted by atomic mass is 19.2. The van der Waals surface area contributed by atoms with Crippen molar-refractivity contribution in [2.45, 2.75) is 52.8 Å². The number of fused-ring (bicyclic) bond motifs is 1. The molecule has 0 aliphatic rings. The van der Waals surface area contributed by atoms with Gasteiger partial charge in [0.05, 0.1) is 5.56 Å². The van der Waals surface area contributed by atoms with Crippen LogP contribution in [0.2, 0.25) is 0 Å². The first kappa shape index (κ1) is 21.4. The zero-order valence-electron chi connectivity index (χ0n) is 16.7. The van der Waals surface area contributed by atoms with Crippen molar-refractivity contribution in [1.29, 1.82) is 0 Å². The molecule has 0 aliphatic heterocycles. The van der Waals surface area contributed by atoms with Gasteiger partial charge in [-0.25, -0.2) is 23.4 Å². The third-order valence-corrected chi connectivity index (χ3v) is 4.63. The van der Waals surface area contributed by atoms with Crippen molar-refractivity contribution >= 4 is 17.1 Å². The van der Waals surface area contributed by atoms with Crippen LogP contribution in [0.1, 0.15) is 49.3 Å². The molecule has 2 heterocycles. The van der Waals surface area contributed by atoms with E-state index < -0.39 is 28.9 Å². The summed E-state index contributed by atoms with van der Waals surface area (Å²) in [6.07, 6.45) is 2.24. The first-order valence-electron chi connectivity index (χ1n) is 9.71. The number of ether oxygens (including phenoxy) is 1. The van der Waals surface area contributed by atoms with Crippen LogP contribution in [0.4, 0.5) is 8.78 Å². The molecule has 8 nitrogen and oxygen atoms in total. The van der Waals surface area contributed by atoms with Gasteiger partial charge in [0.25, 0.3) is 5.56 Å². The quantitative estimate of drug-likeness (QED) is 0.565. The highest BCUT2D eigenvalue weighted by Gasteiger charge is 2.20. The number of nitrogens with one attached hydrogen (secondary N) is 1. The Hall–Kier alpha value is -3.30. The fourth-order valence-corrected chi connectivity index (χ4v) is 3.15. The van der Waals surface area contributed by atoms with E-state index in [-0.39, 0.29) is 29.2 Å². The molecule has 0 saturated carbocycles. The first-order valence-corrected chi connectivity index (χ1v) is 9.71. The summed E-state index contributed by atoms with van der Waals surface area (Å²) in [6, 6.07) is 2.70. The van der Waals surface area contributed by atoms with E-state index in [9.17, 15) is 23.2 Å². The Labute approximate surface area is 170 Å². The Balaban J connectivity index is 1.98. The van der Waals surface area contributed by atoms with E-state index in [1.807, 2.05) is 13.8 Å². The predicted molar refractivity (Wildman–Crippen MR) is 105 cm³/mol. The molecule has 0 fully saturated rings. The summed E-state index contributed by atoms with van der Waals surface area (Å²) < 4.78 is 34.6. The predicted octanol–water partition coefficient (Wildman–Crippen LogP) is 2.73. The lowest BCUT2D eigenvalue weighted by molar-refractivity contribution is 0.0457. The first-order chi connectivity index (χ1) is 14.4. The molecule has 0 radical (unpaired) electrons. The summed E-state index contributed by atoms with van der Waals surface area (Å²) >= 11 is 0. The van der Waals surface area contributed by atoms with Gasteiger partial charge in [0.1, 0.15) is 12.4 Å². The summed E-state index contributed by atoms with van der Waals surface area (Å²) in [6.45, 7) is 4.40. The molecule has 3 aromatic rings. The van der Waals surface area contributed by atoms with Crippen LogP contribution in [-0.2, 0) is 24.4 Å². The minimum Gasteiger partial charge on any atom is -0.454 e. The smallest absolute Gasteiger partial charge is 0.338 e. The maximum Gasteiger partial charge on any atom is 0.338 e. The highest BCUT2D eigenvalue weighted by Crippen LogP contribution is 2.15. The summed E-state index contributed by atoms with van der Waals surface area (Å²) in [5.41, 5.74) is -0.810. The number of carbonyl (C=O) groups is 1. The van der Waals surface area contributed by atoms with Crippen LogP contribution < -0.4 is 11.2 Å². The minimum atomic E-state index is -1.16. The van der Waals surface area contributed by atoms with Crippen molar-refractivity contribution in [2.24, 2.45) is 0 Å². The number of hydrogen-bond donors (Lipinski definition) is 1. The van der Waals surface area contributed by atoms with Crippen LogP contribution in [0.25, 0.3) is 11.2 Å². The Morgan fingerprint density at radius 3 is 2.53 bits per heavy atom. The normalized spacial score (nSPS) is 11.2. The fourth-order valence-electron chi connectivity index (χ4n) is 3.15. The maximum absolute atomic E-state index is 13.4. The highest BCUT2D eigenvalue weighted by molar-refractivity contribution is 5.89. The van der Waals surface area contributed by atoms with Gasteiger partial charge in [-0.2, -0.15) is 0 Å². The van der Waals surface area contributed by atoms with Gasteiger partial charge in [0.2, 0.25) is 0 Å². The largest absolute Gasteiger partial charge is 0.454 e. The molecule has 30 heavy (non-hydrogen) atoms. The number of esters is 1. The number of unbranched alkanes of at least 4 members (excludes halogenated alkanes) is 1. The summed E-state index contributed by atoms with van der Waals surface area (Å²) in [7, 11) is 0. The fraction of sp³-hybridized carbons (Fsp3) is 0.400. The molecule has 0 spiro atoms. The van der Waals surface area contributed by atoms with Crippen LogP contribution in [0, 0.1) is 11.6 Å². The summed E-state index contributed by atoms with van der Waals surface area (Å²) in [5, 5.41) is 0. The monoisotopic (exact) mass is 420 g/mol. The van der Waals surface area contributed by atoms with Crippen LogP contribution in [0.15, 0.2) is 27.8 Å². The van der Waals surface area contributed by atoms with E-state index in [1.165, 1.54) is 4.57 Å². The third kappa shape index (κ3) is 4.17. The zero-order valence-corrected chi connectivity index (χ0v) is 16.7. The van der Waals surface area contributed by atoms with Crippen LogP contribution in [0.3, 0.4) is 0 Å². The Bertz CT molecular complexity index is 1200. The number of imidazole rings is 1. The van der Waals surface area contributed by atoms with E-state index in [4.69, 9.17) is 4.74 Å². The molecular formula is C20H22F2N4O4. The molecule has 0 bridgehead atoms. The number of carbonyl (C=O) groups excluding carboxylic acids is 1. The van der Waals surface area contributed by atoms with Crippen LogP contribution >= 0.6 is 0 Å². The zero-order chi connectivity index (χ0) is 21.8. The average molecular weight is 420 g/mol. The third-order valence-electron chi connectivity index (χ3n) is 4.63. The van der Waals surface area contributed by atoms with Gasteiger partial charge in [-0.3, -0.25) is 14.3 Å². The summed E-state index contributed by atoms with van der Waals surface area (Å²) in [5.74, 6) is -2.81. The lowest BCUT2D eigenvalue weighted by Gasteiger charge is -2.08. The molecule has 2 aromatic heterocycles. The van der Waals surface area contributed by atoms with Gasteiger partial charge in [-0.05, 0) is 31.0 Å². The number of benzene rings is 1. The van der Waals surface area contributed by atoms with E-state index in [2.05, 4.69) is 9.97 Å². The number of aromatic amines is 1. The second-order valence-electron chi connectivity index (χ2n) is 6.82. The van der Waals surface area contributed by atoms with Crippen molar-refractivity contribution in [3.05, 3.63) is 62.1 Å². The Kier molecular flexibility index (Phi) is 6.43. The molecule has 10 heteroatoms. The van der Waals surface area contributed by atoms with Gasteiger partial charge < -0.3 is 9.30 Å². The van der Waals surface area contributed by atoms with E-state index in [0.29, 0.717) is 19.5 Å². The van der Waals surface area contributed by atoms with Crippen molar-refractivity contribution in [2.75, 3.05) is 0 Å². The molecule has 0 aliphatic carbocycles. The molecule has 1 N–H and O–H groups in total. The van der Waals surface area contributed by atoms with Crippen LogP contribution in [-0.4, -0.2) is 25.1 Å².